The van der Waals surface area contributed by atoms with Crippen LogP contribution in [-0.2, 0) is 13.0 Å². The number of halogens is 1. The smallest absolute Gasteiger partial charge is 0.253 e. The predicted molar refractivity (Wildman–Crippen MR) is 125 cm³/mol. The number of nitrogens with zero attached hydrogens (tertiary/aromatic N) is 3. The zero-order valence-corrected chi connectivity index (χ0v) is 19.4. The maximum Gasteiger partial charge on any atom is 0.253 e. The van der Waals surface area contributed by atoms with Crippen LogP contribution in [0.5, 0.6) is 5.75 Å². The molecule has 2 aromatic heterocycles. The Hall–Kier alpha value is -2.94. The average molecular weight is 470 g/mol. The van der Waals surface area contributed by atoms with Gasteiger partial charge >= 0.3 is 0 Å². The molecule has 0 aliphatic carbocycles. The molecule has 1 amide bonds. The van der Waals surface area contributed by atoms with Crippen molar-refractivity contribution in [3.05, 3.63) is 75.8 Å². The molecule has 0 saturated carbocycles. The molecule has 3 aromatic rings. The van der Waals surface area contributed by atoms with Gasteiger partial charge in [-0.3, -0.25) is 9.89 Å². The molecule has 4 N–H and O–H groups in total. The van der Waals surface area contributed by atoms with Crippen molar-refractivity contribution < 1.29 is 15.0 Å². The molecule has 0 bridgehead atoms. The highest BCUT2D eigenvalue weighted by Crippen LogP contribution is 2.27. The summed E-state index contributed by atoms with van der Waals surface area (Å²) in [4.78, 5) is 18.3. The van der Waals surface area contributed by atoms with E-state index in [1.54, 1.807) is 32.3 Å². The first-order valence-electron chi connectivity index (χ1n) is 10.9. The van der Waals surface area contributed by atoms with Gasteiger partial charge in [-0.2, -0.15) is 5.10 Å². The number of rotatable bonds is 7. The fraction of sp³-hybridized carbons (Fsp3) is 0.375. The van der Waals surface area contributed by atoms with Crippen LogP contribution in [-0.4, -0.2) is 55.3 Å². The lowest BCUT2D eigenvalue weighted by Crippen LogP contribution is -2.35. The van der Waals surface area contributed by atoms with Crippen LogP contribution in [0.3, 0.4) is 0 Å². The van der Waals surface area contributed by atoms with Crippen molar-refractivity contribution in [3.8, 4) is 5.75 Å². The lowest BCUT2D eigenvalue weighted by molar-refractivity contribution is 0.0782. The van der Waals surface area contributed by atoms with E-state index in [9.17, 15) is 15.0 Å². The predicted octanol–water partition coefficient (Wildman–Crippen LogP) is 3.14. The minimum atomic E-state index is -0.631. The maximum absolute atomic E-state index is 12.7. The van der Waals surface area contributed by atoms with Gasteiger partial charge in [0.05, 0.1) is 18.3 Å². The summed E-state index contributed by atoms with van der Waals surface area (Å²) in [5, 5.41) is 31.3. The van der Waals surface area contributed by atoms with Crippen molar-refractivity contribution >= 4 is 17.5 Å². The topological polar surface area (TPSA) is 114 Å². The van der Waals surface area contributed by atoms with E-state index < -0.39 is 6.10 Å². The number of aliphatic hydroxyl groups is 1. The molecular formula is C24H28ClN5O3. The summed E-state index contributed by atoms with van der Waals surface area (Å²) in [6.45, 7) is 1.94. The Morgan fingerprint density at radius 1 is 1.24 bits per heavy atom. The molecule has 3 heterocycles. The Bertz CT molecular complexity index is 1100. The number of carbonyl (C=O) groups is 1. The lowest BCUT2D eigenvalue weighted by atomic mass is 10.0. The van der Waals surface area contributed by atoms with Crippen molar-refractivity contribution in [2.45, 2.75) is 50.9 Å². The average Bonchev–Trinajstić information content (AvgIpc) is 3.41. The summed E-state index contributed by atoms with van der Waals surface area (Å²) in [5.41, 5.74) is 3.48. The summed E-state index contributed by atoms with van der Waals surface area (Å²) in [6, 6.07) is 11.3. The Balaban J connectivity index is 1.31. The van der Waals surface area contributed by atoms with Crippen LogP contribution in [0.25, 0.3) is 0 Å². The molecule has 1 aliphatic heterocycles. The summed E-state index contributed by atoms with van der Waals surface area (Å²) in [5.74, 6) is -0.0508. The third-order valence-corrected chi connectivity index (χ3v) is 6.38. The zero-order valence-electron chi connectivity index (χ0n) is 18.6. The van der Waals surface area contributed by atoms with Gasteiger partial charge in [0.25, 0.3) is 5.91 Å². The Morgan fingerprint density at radius 3 is 2.64 bits per heavy atom. The fourth-order valence-corrected chi connectivity index (χ4v) is 4.34. The summed E-state index contributed by atoms with van der Waals surface area (Å²) in [7, 11) is 1.68. The second kappa shape index (κ2) is 9.91. The van der Waals surface area contributed by atoms with Crippen LogP contribution in [0, 0.1) is 6.92 Å². The Kier molecular flexibility index (Phi) is 6.97. The van der Waals surface area contributed by atoms with E-state index in [2.05, 4.69) is 20.5 Å². The lowest BCUT2D eigenvalue weighted by Gasteiger charge is -2.20. The second-order valence-corrected chi connectivity index (χ2v) is 9.00. The molecule has 3 atom stereocenters. The minimum Gasteiger partial charge on any atom is -0.504 e. The number of carbonyl (C=O) groups excluding carboxylic acids is 1. The molecule has 1 aliphatic rings. The van der Waals surface area contributed by atoms with E-state index >= 15 is 0 Å². The standard InChI is InChI=1S/C24H28ClN5O3/c1-14-22(31)20(29-28-14)13-30(2)24(33)16-5-3-15(4-6-16)11-18-8-9-19(27-18)23(32)17-7-10-21(25)26-12-17/h3-7,10,12,18-19,23,27,31-32H,8-9,11,13H2,1-2H3,(H,28,29)/t18-,19+,23?/m0/s1. The largest absolute Gasteiger partial charge is 0.504 e. The van der Waals surface area contributed by atoms with Crippen molar-refractivity contribution in [2.24, 2.45) is 0 Å². The minimum absolute atomic E-state index is 0.0328. The number of H-pyrrole nitrogens is 1. The summed E-state index contributed by atoms with van der Waals surface area (Å²) in [6.07, 6.45) is 3.62. The number of aliphatic hydroxyl groups excluding tert-OH is 1. The van der Waals surface area contributed by atoms with Crippen molar-refractivity contribution in [1.29, 1.82) is 0 Å². The number of hydrogen-bond donors (Lipinski definition) is 4. The van der Waals surface area contributed by atoms with Crippen molar-refractivity contribution in [1.82, 2.24) is 25.4 Å². The molecule has 8 nitrogen and oxygen atoms in total. The van der Waals surface area contributed by atoms with Crippen LogP contribution in [0.2, 0.25) is 5.15 Å². The molecule has 1 fully saturated rings. The van der Waals surface area contributed by atoms with E-state index in [-0.39, 0.29) is 30.3 Å². The third kappa shape index (κ3) is 5.35. The van der Waals surface area contributed by atoms with Crippen LogP contribution in [0.1, 0.15) is 51.8 Å². The van der Waals surface area contributed by atoms with Crippen LogP contribution in [0.4, 0.5) is 0 Å². The number of aromatic hydroxyl groups is 1. The molecule has 1 unspecified atom stereocenters. The molecule has 4 rings (SSSR count). The molecular weight excluding hydrogens is 442 g/mol. The van der Waals surface area contributed by atoms with Gasteiger partial charge in [-0.1, -0.05) is 29.8 Å². The molecule has 0 spiro atoms. The third-order valence-electron chi connectivity index (χ3n) is 6.15. The number of hydrogen-bond acceptors (Lipinski definition) is 6. The Morgan fingerprint density at radius 2 is 2.00 bits per heavy atom. The number of nitrogens with one attached hydrogen (secondary N) is 2. The highest BCUT2D eigenvalue weighted by atomic mass is 35.5. The first-order valence-corrected chi connectivity index (χ1v) is 11.3. The molecule has 1 aromatic carbocycles. The van der Waals surface area contributed by atoms with Crippen LogP contribution in [0.15, 0.2) is 42.6 Å². The van der Waals surface area contributed by atoms with Crippen LogP contribution < -0.4 is 5.32 Å². The quantitative estimate of drug-likeness (QED) is 0.395. The number of amides is 1. The number of aromatic amines is 1. The maximum atomic E-state index is 12.7. The van der Waals surface area contributed by atoms with Gasteiger partial charge in [0.2, 0.25) is 0 Å². The van der Waals surface area contributed by atoms with Gasteiger partial charge in [0.15, 0.2) is 5.75 Å². The normalized spacial score (nSPS) is 18.9. The van der Waals surface area contributed by atoms with Crippen LogP contribution >= 0.6 is 11.6 Å². The summed E-state index contributed by atoms with van der Waals surface area (Å²) < 4.78 is 0. The SMILES string of the molecule is Cc1[nH]nc(CN(C)C(=O)c2ccc(C[C@@H]3CC[C@H](C(O)c4ccc(Cl)nc4)N3)cc2)c1O. The molecule has 174 valence electrons. The zero-order chi connectivity index (χ0) is 23.5. The fourth-order valence-electron chi connectivity index (χ4n) is 4.22. The molecule has 1 saturated heterocycles. The van der Waals surface area contributed by atoms with Gasteiger partial charge in [-0.25, -0.2) is 4.98 Å². The Labute approximate surface area is 197 Å². The number of aryl methyl sites for hydroxylation is 1. The monoisotopic (exact) mass is 469 g/mol. The highest BCUT2D eigenvalue weighted by molar-refractivity contribution is 6.29. The first kappa shape index (κ1) is 23.2. The van der Waals surface area contributed by atoms with E-state index in [4.69, 9.17) is 11.6 Å². The van der Waals surface area contributed by atoms with Gasteiger partial charge in [0.1, 0.15) is 10.8 Å². The van der Waals surface area contributed by atoms with E-state index in [0.29, 0.717) is 22.1 Å². The van der Waals surface area contributed by atoms with Gasteiger partial charge in [0, 0.05) is 36.5 Å². The highest BCUT2D eigenvalue weighted by Gasteiger charge is 2.30. The number of aromatic nitrogens is 3. The van der Waals surface area contributed by atoms with E-state index in [0.717, 1.165) is 30.4 Å². The summed E-state index contributed by atoms with van der Waals surface area (Å²) >= 11 is 5.83. The number of benzene rings is 1. The molecule has 9 heteroatoms. The number of pyridine rings is 1. The first-order chi connectivity index (χ1) is 15.8. The van der Waals surface area contributed by atoms with Crippen molar-refractivity contribution in [2.75, 3.05) is 7.05 Å². The molecule has 0 radical (unpaired) electrons. The second-order valence-electron chi connectivity index (χ2n) is 8.61. The van der Waals surface area contributed by atoms with Gasteiger partial charge in [-0.15, -0.1) is 0 Å². The van der Waals surface area contributed by atoms with Gasteiger partial charge < -0.3 is 20.4 Å². The van der Waals surface area contributed by atoms with Crippen molar-refractivity contribution in [3.63, 3.8) is 0 Å². The van der Waals surface area contributed by atoms with E-state index in [1.165, 1.54) is 4.90 Å². The van der Waals surface area contributed by atoms with Gasteiger partial charge in [-0.05, 0) is 49.9 Å². The van der Waals surface area contributed by atoms with E-state index in [1.807, 2.05) is 24.3 Å². The molecule has 33 heavy (non-hydrogen) atoms.